The Morgan fingerprint density at radius 3 is 2.35 bits per heavy atom. The lowest BCUT2D eigenvalue weighted by Gasteiger charge is -2.34. The van der Waals surface area contributed by atoms with Crippen LogP contribution in [0.1, 0.15) is 28.4 Å². The van der Waals surface area contributed by atoms with Gasteiger partial charge in [-0.2, -0.15) is 22.6 Å². The first-order valence-electron chi connectivity index (χ1n) is 9.37. The Bertz CT molecular complexity index is 1280. The van der Waals surface area contributed by atoms with Crippen molar-refractivity contribution in [3.63, 3.8) is 0 Å². The predicted octanol–water partition coefficient (Wildman–Crippen LogP) is 4.32. The number of fused-ring (bicyclic) bond motifs is 4. The van der Waals surface area contributed by atoms with Crippen LogP contribution in [-0.4, -0.2) is 29.0 Å². The van der Waals surface area contributed by atoms with Crippen LogP contribution in [0, 0.1) is 5.82 Å². The van der Waals surface area contributed by atoms with E-state index in [0.29, 0.717) is 23.1 Å². The van der Waals surface area contributed by atoms with E-state index in [1.807, 2.05) is 6.08 Å². The second kappa shape index (κ2) is 6.76. The van der Waals surface area contributed by atoms with Gasteiger partial charge in [-0.05, 0) is 47.5 Å². The van der Waals surface area contributed by atoms with E-state index in [1.54, 1.807) is 18.3 Å². The van der Waals surface area contributed by atoms with E-state index in [-0.39, 0.29) is 4.90 Å². The number of aromatic nitrogens is 2. The normalized spacial score (nSPS) is 21.1. The van der Waals surface area contributed by atoms with Crippen LogP contribution in [0.5, 0.6) is 0 Å². The highest BCUT2D eigenvalue weighted by atomic mass is 32.2. The molecule has 0 fully saturated rings. The van der Waals surface area contributed by atoms with Crippen LogP contribution in [0.4, 0.5) is 17.6 Å². The molecular weight excluding hydrogens is 434 g/mol. The number of halogens is 4. The van der Waals surface area contributed by atoms with Gasteiger partial charge in [0.25, 0.3) is 0 Å². The van der Waals surface area contributed by atoms with Crippen molar-refractivity contribution in [3.8, 4) is 0 Å². The number of nitrogens with one attached hydrogen (secondary N) is 1. The summed E-state index contributed by atoms with van der Waals surface area (Å²) in [7, 11) is -4.13. The van der Waals surface area contributed by atoms with Crippen molar-refractivity contribution in [2.45, 2.75) is 29.6 Å². The van der Waals surface area contributed by atoms with Crippen LogP contribution in [0.3, 0.4) is 0 Å². The van der Waals surface area contributed by atoms with Crippen LogP contribution in [0.2, 0.25) is 0 Å². The number of rotatable bonds is 3. The molecule has 10 heteroatoms. The molecule has 2 aliphatic rings. The summed E-state index contributed by atoms with van der Waals surface area (Å²) in [5.74, 6) is -0.413. The summed E-state index contributed by atoms with van der Waals surface area (Å²) in [6.07, 6.45) is -0.854. The van der Waals surface area contributed by atoms with Crippen LogP contribution in [0.25, 0.3) is 5.57 Å². The molecule has 3 aromatic rings. The van der Waals surface area contributed by atoms with Gasteiger partial charge in [-0.15, -0.1) is 0 Å². The molecule has 160 valence electrons. The maximum atomic E-state index is 13.5. The van der Waals surface area contributed by atoms with Gasteiger partial charge in [0.05, 0.1) is 28.7 Å². The van der Waals surface area contributed by atoms with Crippen molar-refractivity contribution in [2.75, 3.05) is 0 Å². The van der Waals surface area contributed by atoms with E-state index in [9.17, 15) is 26.0 Å². The van der Waals surface area contributed by atoms with Crippen LogP contribution in [0.15, 0.2) is 65.7 Å². The monoisotopic (exact) mass is 449 g/mol. The number of nitrogens with zero attached hydrogens (tertiary/aromatic N) is 2. The Hall–Kier alpha value is -2.98. The molecule has 2 bridgehead atoms. The maximum absolute atomic E-state index is 13.5. The van der Waals surface area contributed by atoms with Crippen LogP contribution < -0.4 is 0 Å². The zero-order chi connectivity index (χ0) is 22.0. The molecule has 3 heterocycles. The second-order valence-electron chi connectivity index (χ2n) is 7.46. The minimum atomic E-state index is -4.56. The number of hydrogen-bond acceptors (Lipinski definition) is 3. The summed E-state index contributed by atoms with van der Waals surface area (Å²) in [6, 6.07) is 7.94. The Labute approximate surface area is 175 Å². The van der Waals surface area contributed by atoms with E-state index >= 15 is 0 Å². The molecule has 5 nitrogen and oxygen atoms in total. The minimum absolute atomic E-state index is 0.226. The smallest absolute Gasteiger partial charge is 0.282 e. The molecule has 0 spiro atoms. The van der Waals surface area contributed by atoms with Crippen molar-refractivity contribution < 1.29 is 26.0 Å². The van der Waals surface area contributed by atoms with Gasteiger partial charge in [0.15, 0.2) is 0 Å². The summed E-state index contributed by atoms with van der Waals surface area (Å²) < 4.78 is 80.4. The lowest BCUT2D eigenvalue weighted by atomic mass is 9.95. The molecule has 5 rings (SSSR count). The van der Waals surface area contributed by atoms with Gasteiger partial charge in [-0.3, -0.25) is 5.10 Å². The summed E-state index contributed by atoms with van der Waals surface area (Å²) >= 11 is 0. The molecule has 1 aromatic heterocycles. The third kappa shape index (κ3) is 3.17. The lowest BCUT2D eigenvalue weighted by molar-refractivity contribution is -0.137. The van der Waals surface area contributed by atoms with Crippen LogP contribution >= 0.6 is 0 Å². The van der Waals surface area contributed by atoms with Gasteiger partial charge in [0.1, 0.15) is 5.82 Å². The topological polar surface area (TPSA) is 66.1 Å². The molecular formula is C21H15F4N3O2S. The fraction of sp³-hybridized carbons (Fsp3) is 0.190. The molecule has 2 aromatic carbocycles. The van der Waals surface area contributed by atoms with Gasteiger partial charge in [-0.25, -0.2) is 12.8 Å². The molecule has 31 heavy (non-hydrogen) atoms. The summed E-state index contributed by atoms with van der Waals surface area (Å²) in [5.41, 5.74) is 1.88. The van der Waals surface area contributed by atoms with Crippen molar-refractivity contribution in [1.29, 1.82) is 0 Å². The highest BCUT2D eigenvalue weighted by Crippen LogP contribution is 2.49. The van der Waals surface area contributed by atoms with Gasteiger partial charge in [-0.1, -0.05) is 18.2 Å². The molecule has 0 radical (unpaired) electrons. The van der Waals surface area contributed by atoms with Crippen LogP contribution in [-0.2, 0) is 22.6 Å². The highest BCUT2D eigenvalue weighted by molar-refractivity contribution is 7.89. The number of hydrogen-bond donors (Lipinski definition) is 1. The SMILES string of the molecule is O=S(=O)(c1ccc(C(F)(F)F)cc1)N1C2C=C(c3ccc(F)cc3)C1c1cn[nH]c1C2. The molecule has 2 unspecified atom stereocenters. The van der Waals surface area contributed by atoms with E-state index in [2.05, 4.69) is 10.2 Å². The van der Waals surface area contributed by atoms with Crippen molar-refractivity contribution in [3.05, 3.63) is 89.0 Å². The Balaban J connectivity index is 1.59. The van der Waals surface area contributed by atoms with Crippen molar-refractivity contribution in [1.82, 2.24) is 14.5 Å². The number of sulfonamides is 1. The minimum Gasteiger partial charge on any atom is -0.282 e. The zero-order valence-corrected chi connectivity index (χ0v) is 16.6. The molecule has 2 atom stereocenters. The standard InChI is InChI=1S/C21H15F4N3O2S/c22-14-5-1-12(2-6-14)17-9-15-10-19-18(11-26-27-19)20(17)28(15)31(29,30)16-7-3-13(4-8-16)21(23,24)25/h1-9,11,15,20H,10H2,(H,26,27). The number of aromatic amines is 1. The first-order chi connectivity index (χ1) is 14.7. The van der Waals surface area contributed by atoms with Crippen molar-refractivity contribution >= 4 is 15.6 Å². The second-order valence-corrected chi connectivity index (χ2v) is 9.31. The summed E-state index contributed by atoms with van der Waals surface area (Å²) in [4.78, 5) is -0.226. The molecule has 0 amide bonds. The van der Waals surface area contributed by atoms with E-state index in [0.717, 1.165) is 30.0 Å². The predicted molar refractivity (Wildman–Crippen MR) is 104 cm³/mol. The van der Waals surface area contributed by atoms with Gasteiger partial charge < -0.3 is 0 Å². The van der Waals surface area contributed by atoms with E-state index < -0.39 is 39.7 Å². The number of benzene rings is 2. The Morgan fingerprint density at radius 2 is 1.71 bits per heavy atom. The van der Waals surface area contributed by atoms with Gasteiger partial charge in [0.2, 0.25) is 10.0 Å². The molecule has 1 N–H and O–H groups in total. The maximum Gasteiger partial charge on any atom is 0.416 e. The lowest BCUT2D eigenvalue weighted by Crippen LogP contribution is -2.42. The van der Waals surface area contributed by atoms with Crippen molar-refractivity contribution in [2.24, 2.45) is 0 Å². The number of H-pyrrole nitrogens is 1. The molecule has 0 saturated heterocycles. The quantitative estimate of drug-likeness (QED) is 0.606. The molecule has 2 aliphatic heterocycles. The van der Waals surface area contributed by atoms with Gasteiger partial charge in [0, 0.05) is 17.7 Å². The van der Waals surface area contributed by atoms with E-state index in [1.165, 1.54) is 16.4 Å². The highest BCUT2D eigenvalue weighted by Gasteiger charge is 2.48. The zero-order valence-electron chi connectivity index (χ0n) is 15.8. The van der Waals surface area contributed by atoms with Gasteiger partial charge >= 0.3 is 6.18 Å². The molecule has 0 saturated carbocycles. The average Bonchev–Trinajstić information content (AvgIpc) is 3.31. The molecule has 0 aliphatic carbocycles. The third-order valence-corrected chi connectivity index (χ3v) is 7.55. The van der Waals surface area contributed by atoms with E-state index in [4.69, 9.17) is 0 Å². The fourth-order valence-electron chi connectivity index (χ4n) is 4.24. The summed E-state index contributed by atoms with van der Waals surface area (Å²) in [5, 5.41) is 6.92. The first-order valence-corrected chi connectivity index (χ1v) is 10.8. The Morgan fingerprint density at radius 1 is 1.03 bits per heavy atom. The summed E-state index contributed by atoms with van der Waals surface area (Å²) in [6.45, 7) is 0. The third-order valence-electron chi connectivity index (χ3n) is 5.64. The average molecular weight is 449 g/mol. The Kier molecular flexibility index (Phi) is 4.35. The largest absolute Gasteiger partial charge is 0.416 e. The first kappa shape index (κ1) is 20.0. The fourth-order valence-corrected chi connectivity index (χ4v) is 5.96. The number of alkyl halides is 3.